The van der Waals surface area contributed by atoms with E-state index in [0.29, 0.717) is 6.42 Å². The number of hydrogen-bond donors (Lipinski definition) is 1. The monoisotopic (exact) mass is 262 g/mol. The minimum atomic E-state index is -0.613. The summed E-state index contributed by atoms with van der Waals surface area (Å²) in [6.07, 6.45) is -0.141. The molecular weight excluding hydrogens is 243 g/mol. The lowest BCUT2D eigenvalue weighted by atomic mass is 9.97. The molecule has 19 heavy (non-hydrogen) atoms. The third-order valence-corrected chi connectivity index (χ3v) is 3.62. The summed E-state index contributed by atoms with van der Waals surface area (Å²) < 4.78 is 14.8. The molecule has 0 radical (unpaired) electrons. The van der Waals surface area contributed by atoms with Crippen molar-refractivity contribution in [3.05, 3.63) is 52.1 Å². The molecule has 3 nitrogen and oxygen atoms in total. The van der Waals surface area contributed by atoms with Crippen molar-refractivity contribution in [1.29, 1.82) is 0 Å². The lowest BCUT2D eigenvalue weighted by Crippen LogP contribution is -2.06. The molecule has 1 atom stereocenters. The number of aliphatic hydroxyl groups is 1. The number of halogens is 1. The standard InChI is InChI=1S/C15H19FN2O/c1-9-7-13(16)6-5-12(9)8-14(19)15-10(2)17-18(4)11(15)3/h5-7,14,19H,8H2,1-4H3. The second-order valence-corrected chi connectivity index (χ2v) is 5.00. The van der Waals surface area contributed by atoms with Crippen LogP contribution in [0.25, 0.3) is 0 Å². The molecule has 2 aromatic rings. The van der Waals surface area contributed by atoms with Crippen LogP contribution < -0.4 is 0 Å². The molecule has 1 heterocycles. The van der Waals surface area contributed by atoms with E-state index < -0.39 is 6.10 Å². The first-order valence-corrected chi connectivity index (χ1v) is 6.33. The molecule has 0 saturated heterocycles. The predicted octanol–water partition coefficient (Wildman–Crippen LogP) is 2.76. The molecule has 102 valence electrons. The van der Waals surface area contributed by atoms with E-state index in [2.05, 4.69) is 5.10 Å². The summed E-state index contributed by atoms with van der Waals surface area (Å²) in [4.78, 5) is 0. The predicted molar refractivity (Wildman–Crippen MR) is 72.5 cm³/mol. The Balaban J connectivity index is 2.28. The van der Waals surface area contributed by atoms with E-state index in [1.807, 2.05) is 27.8 Å². The Kier molecular flexibility index (Phi) is 3.71. The van der Waals surface area contributed by atoms with Crippen LogP contribution in [0.4, 0.5) is 4.39 Å². The molecule has 1 aromatic carbocycles. The van der Waals surface area contributed by atoms with Crippen molar-refractivity contribution >= 4 is 0 Å². The molecule has 1 aromatic heterocycles. The summed E-state index contributed by atoms with van der Waals surface area (Å²) >= 11 is 0. The van der Waals surface area contributed by atoms with Gasteiger partial charge in [0.1, 0.15) is 5.82 Å². The number of aryl methyl sites for hydroxylation is 3. The lowest BCUT2D eigenvalue weighted by Gasteiger charge is -2.13. The highest BCUT2D eigenvalue weighted by Gasteiger charge is 2.19. The van der Waals surface area contributed by atoms with Gasteiger partial charge in [-0.2, -0.15) is 5.10 Å². The maximum absolute atomic E-state index is 13.1. The van der Waals surface area contributed by atoms with Gasteiger partial charge < -0.3 is 5.11 Å². The van der Waals surface area contributed by atoms with Crippen LogP contribution in [0.3, 0.4) is 0 Å². The maximum atomic E-state index is 13.1. The molecular formula is C15H19FN2O. The first kappa shape index (κ1) is 13.7. The largest absolute Gasteiger partial charge is 0.388 e. The Bertz CT molecular complexity index is 604. The zero-order valence-corrected chi connectivity index (χ0v) is 11.7. The van der Waals surface area contributed by atoms with E-state index in [1.54, 1.807) is 10.7 Å². The minimum absolute atomic E-state index is 0.246. The molecule has 0 aliphatic rings. The quantitative estimate of drug-likeness (QED) is 0.923. The first-order valence-electron chi connectivity index (χ1n) is 6.33. The van der Waals surface area contributed by atoms with Gasteiger partial charge in [0.05, 0.1) is 11.8 Å². The summed E-state index contributed by atoms with van der Waals surface area (Å²) in [5, 5.41) is 14.7. The maximum Gasteiger partial charge on any atom is 0.123 e. The molecule has 0 amide bonds. The molecule has 0 aliphatic heterocycles. The van der Waals surface area contributed by atoms with Gasteiger partial charge >= 0.3 is 0 Å². The normalized spacial score (nSPS) is 12.7. The summed E-state index contributed by atoms with van der Waals surface area (Å²) in [7, 11) is 1.86. The van der Waals surface area contributed by atoms with Crippen LogP contribution in [-0.4, -0.2) is 14.9 Å². The van der Waals surface area contributed by atoms with E-state index in [0.717, 1.165) is 28.1 Å². The zero-order chi connectivity index (χ0) is 14.2. The number of rotatable bonds is 3. The van der Waals surface area contributed by atoms with Gasteiger partial charge in [-0.3, -0.25) is 4.68 Å². The summed E-state index contributed by atoms with van der Waals surface area (Å²) in [5.74, 6) is -0.246. The Labute approximate surface area is 112 Å². The Morgan fingerprint density at radius 3 is 2.53 bits per heavy atom. The Morgan fingerprint density at radius 1 is 1.32 bits per heavy atom. The highest BCUT2D eigenvalue weighted by atomic mass is 19.1. The van der Waals surface area contributed by atoms with Gasteiger partial charge in [-0.15, -0.1) is 0 Å². The molecule has 0 fully saturated rings. The smallest absolute Gasteiger partial charge is 0.123 e. The molecule has 0 aliphatic carbocycles. The lowest BCUT2D eigenvalue weighted by molar-refractivity contribution is 0.176. The van der Waals surface area contributed by atoms with Crippen LogP contribution in [0.5, 0.6) is 0 Å². The molecule has 1 N–H and O–H groups in total. The number of aromatic nitrogens is 2. The molecule has 0 spiro atoms. The molecule has 1 unspecified atom stereocenters. The molecule has 0 saturated carbocycles. The van der Waals surface area contributed by atoms with Crippen molar-refractivity contribution in [2.45, 2.75) is 33.3 Å². The topological polar surface area (TPSA) is 38.1 Å². The Hall–Kier alpha value is -1.68. The van der Waals surface area contributed by atoms with E-state index in [1.165, 1.54) is 12.1 Å². The number of aliphatic hydroxyl groups excluding tert-OH is 1. The number of nitrogens with zero attached hydrogens (tertiary/aromatic N) is 2. The van der Waals surface area contributed by atoms with Gasteiger partial charge in [-0.1, -0.05) is 6.07 Å². The van der Waals surface area contributed by atoms with Crippen molar-refractivity contribution < 1.29 is 9.50 Å². The fourth-order valence-corrected chi connectivity index (χ4v) is 2.47. The van der Waals surface area contributed by atoms with Gasteiger partial charge in [-0.05, 0) is 44.0 Å². The third-order valence-electron chi connectivity index (χ3n) is 3.62. The van der Waals surface area contributed by atoms with Crippen molar-refractivity contribution in [2.75, 3.05) is 0 Å². The van der Waals surface area contributed by atoms with Crippen LogP contribution in [0.15, 0.2) is 18.2 Å². The van der Waals surface area contributed by atoms with Crippen molar-refractivity contribution in [2.24, 2.45) is 7.05 Å². The molecule has 2 rings (SSSR count). The zero-order valence-electron chi connectivity index (χ0n) is 11.7. The average Bonchev–Trinajstić information content (AvgIpc) is 2.57. The fraction of sp³-hybridized carbons (Fsp3) is 0.400. The van der Waals surface area contributed by atoms with E-state index >= 15 is 0 Å². The minimum Gasteiger partial charge on any atom is -0.388 e. The van der Waals surface area contributed by atoms with E-state index in [9.17, 15) is 9.50 Å². The van der Waals surface area contributed by atoms with Gasteiger partial charge in [0.15, 0.2) is 0 Å². The van der Waals surface area contributed by atoms with Crippen LogP contribution >= 0.6 is 0 Å². The summed E-state index contributed by atoms with van der Waals surface area (Å²) in [6.45, 7) is 5.69. The van der Waals surface area contributed by atoms with Crippen LogP contribution in [-0.2, 0) is 13.5 Å². The van der Waals surface area contributed by atoms with Crippen molar-refractivity contribution in [3.8, 4) is 0 Å². The summed E-state index contributed by atoms with van der Waals surface area (Å²) in [6, 6.07) is 4.65. The number of benzene rings is 1. The number of hydrogen-bond acceptors (Lipinski definition) is 2. The van der Waals surface area contributed by atoms with Gasteiger partial charge in [0, 0.05) is 24.7 Å². The third kappa shape index (κ3) is 2.68. The van der Waals surface area contributed by atoms with Crippen molar-refractivity contribution in [3.63, 3.8) is 0 Å². The second kappa shape index (κ2) is 5.13. The van der Waals surface area contributed by atoms with Crippen LogP contribution in [0.2, 0.25) is 0 Å². The highest BCUT2D eigenvalue weighted by Crippen LogP contribution is 2.25. The van der Waals surface area contributed by atoms with E-state index in [-0.39, 0.29) is 5.82 Å². The van der Waals surface area contributed by atoms with E-state index in [4.69, 9.17) is 0 Å². The first-order chi connectivity index (χ1) is 8.90. The Morgan fingerprint density at radius 2 is 2.00 bits per heavy atom. The van der Waals surface area contributed by atoms with Crippen molar-refractivity contribution in [1.82, 2.24) is 9.78 Å². The van der Waals surface area contributed by atoms with Crippen LogP contribution in [0.1, 0.15) is 34.2 Å². The van der Waals surface area contributed by atoms with Gasteiger partial charge in [0.25, 0.3) is 0 Å². The molecule has 4 heteroatoms. The van der Waals surface area contributed by atoms with Crippen LogP contribution in [0, 0.1) is 26.6 Å². The molecule has 0 bridgehead atoms. The SMILES string of the molecule is Cc1cc(F)ccc1CC(O)c1c(C)nn(C)c1C. The summed E-state index contributed by atoms with van der Waals surface area (Å²) in [5.41, 5.74) is 4.48. The average molecular weight is 262 g/mol. The van der Waals surface area contributed by atoms with Gasteiger partial charge in [0.2, 0.25) is 0 Å². The van der Waals surface area contributed by atoms with Gasteiger partial charge in [-0.25, -0.2) is 4.39 Å². The fourth-order valence-electron chi connectivity index (χ4n) is 2.47. The highest BCUT2D eigenvalue weighted by molar-refractivity contribution is 5.32. The second-order valence-electron chi connectivity index (χ2n) is 5.00.